The molecule has 0 radical (unpaired) electrons. The van der Waals surface area contributed by atoms with Crippen LogP contribution in [0.3, 0.4) is 0 Å². The highest BCUT2D eigenvalue weighted by Gasteiger charge is 2.13. The molecule has 0 spiro atoms. The van der Waals surface area contributed by atoms with Crippen LogP contribution in [0.15, 0.2) is 35.5 Å². The standard InChI is InChI=1S/C11H17BN2O3/c1-12(15)14-11(7-13-16)9-17-8-10-5-3-2-4-6-10/h2-6,11,14-15H,7-9H2,1H3. The third-order valence-corrected chi connectivity index (χ3v) is 2.20. The van der Waals surface area contributed by atoms with E-state index in [-0.39, 0.29) is 12.6 Å². The van der Waals surface area contributed by atoms with E-state index < -0.39 is 7.05 Å². The van der Waals surface area contributed by atoms with Gasteiger partial charge >= 0.3 is 7.05 Å². The third kappa shape index (κ3) is 6.16. The molecule has 0 heterocycles. The first kappa shape index (κ1) is 13.8. The Kier molecular flexibility index (Phi) is 6.46. The van der Waals surface area contributed by atoms with E-state index >= 15 is 0 Å². The van der Waals surface area contributed by atoms with Crippen LogP contribution in [0.25, 0.3) is 0 Å². The first-order chi connectivity index (χ1) is 8.22. The van der Waals surface area contributed by atoms with Crippen molar-refractivity contribution in [3.63, 3.8) is 0 Å². The van der Waals surface area contributed by atoms with E-state index in [1.807, 2.05) is 30.3 Å². The van der Waals surface area contributed by atoms with Crippen molar-refractivity contribution in [2.24, 2.45) is 5.18 Å². The van der Waals surface area contributed by atoms with E-state index in [0.29, 0.717) is 13.2 Å². The Morgan fingerprint density at radius 2 is 2.18 bits per heavy atom. The molecule has 1 rings (SSSR count). The normalized spacial score (nSPS) is 12.1. The molecule has 0 saturated carbocycles. The zero-order valence-electron chi connectivity index (χ0n) is 9.87. The van der Waals surface area contributed by atoms with Gasteiger partial charge in [0.25, 0.3) is 0 Å². The van der Waals surface area contributed by atoms with Crippen molar-refractivity contribution in [2.45, 2.75) is 19.5 Å². The summed E-state index contributed by atoms with van der Waals surface area (Å²) in [5.74, 6) is 0. The largest absolute Gasteiger partial charge is 0.437 e. The van der Waals surface area contributed by atoms with Gasteiger partial charge in [-0.25, -0.2) is 0 Å². The number of hydrogen-bond acceptors (Lipinski definition) is 5. The monoisotopic (exact) mass is 236 g/mol. The Labute approximate surface area is 101 Å². The van der Waals surface area contributed by atoms with Gasteiger partial charge in [0.05, 0.1) is 19.8 Å². The summed E-state index contributed by atoms with van der Waals surface area (Å²) in [5.41, 5.74) is 1.07. The summed E-state index contributed by atoms with van der Waals surface area (Å²) in [6.07, 6.45) is 0. The van der Waals surface area contributed by atoms with Crippen LogP contribution in [0.5, 0.6) is 0 Å². The summed E-state index contributed by atoms with van der Waals surface area (Å²) >= 11 is 0. The minimum atomic E-state index is -0.679. The van der Waals surface area contributed by atoms with E-state index in [4.69, 9.17) is 9.76 Å². The summed E-state index contributed by atoms with van der Waals surface area (Å²) in [6, 6.07) is 9.51. The molecule has 1 aromatic rings. The zero-order valence-corrected chi connectivity index (χ0v) is 9.87. The Morgan fingerprint density at radius 1 is 1.47 bits per heavy atom. The zero-order chi connectivity index (χ0) is 12.5. The van der Waals surface area contributed by atoms with Crippen molar-refractivity contribution in [3.05, 3.63) is 40.8 Å². The van der Waals surface area contributed by atoms with Crippen LogP contribution in [0, 0.1) is 4.91 Å². The van der Waals surface area contributed by atoms with Crippen LogP contribution in [0.1, 0.15) is 5.56 Å². The van der Waals surface area contributed by atoms with Crippen LogP contribution >= 0.6 is 0 Å². The third-order valence-electron chi connectivity index (χ3n) is 2.20. The van der Waals surface area contributed by atoms with Crippen molar-refractivity contribution < 1.29 is 9.76 Å². The lowest BCUT2D eigenvalue weighted by molar-refractivity contribution is 0.105. The Bertz CT molecular complexity index is 322. The van der Waals surface area contributed by atoms with Crippen LogP contribution in [-0.2, 0) is 11.3 Å². The first-order valence-electron chi connectivity index (χ1n) is 5.57. The summed E-state index contributed by atoms with van der Waals surface area (Å²) in [4.78, 5) is 10.2. The minimum Gasteiger partial charge on any atom is -0.437 e. The SMILES string of the molecule is CB(O)NC(CN=O)COCc1ccccc1. The summed E-state index contributed by atoms with van der Waals surface area (Å²) in [5, 5.41) is 14.8. The fourth-order valence-electron chi connectivity index (χ4n) is 1.48. The van der Waals surface area contributed by atoms with Crippen LogP contribution in [0.2, 0.25) is 6.82 Å². The van der Waals surface area contributed by atoms with Gasteiger partial charge in [0.15, 0.2) is 0 Å². The number of nitroso groups, excluding NO2 is 1. The van der Waals surface area contributed by atoms with Crippen molar-refractivity contribution in [2.75, 3.05) is 13.2 Å². The molecule has 5 nitrogen and oxygen atoms in total. The van der Waals surface area contributed by atoms with Gasteiger partial charge in [0.2, 0.25) is 0 Å². The van der Waals surface area contributed by atoms with Gasteiger partial charge in [-0.2, -0.15) is 4.91 Å². The van der Waals surface area contributed by atoms with Crippen molar-refractivity contribution in [1.82, 2.24) is 5.23 Å². The maximum absolute atomic E-state index is 10.2. The van der Waals surface area contributed by atoms with Crippen molar-refractivity contribution in [3.8, 4) is 0 Å². The molecule has 0 saturated heterocycles. The van der Waals surface area contributed by atoms with E-state index in [9.17, 15) is 4.91 Å². The minimum absolute atomic E-state index is 0.0830. The van der Waals surface area contributed by atoms with Gasteiger partial charge in [-0.3, -0.25) is 0 Å². The highest BCUT2D eigenvalue weighted by Crippen LogP contribution is 2.01. The molecule has 1 unspecified atom stereocenters. The first-order valence-corrected chi connectivity index (χ1v) is 5.57. The molecule has 0 aliphatic carbocycles. The molecule has 1 atom stereocenters. The lowest BCUT2D eigenvalue weighted by Crippen LogP contribution is -2.44. The lowest BCUT2D eigenvalue weighted by atomic mass is 9.87. The topological polar surface area (TPSA) is 70.9 Å². The molecule has 6 heteroatoms. The Hall–Kier alpha value is -1.24. The van der Waals surface area contributed by atoms with Gasteiger partial charge in [-0.1, -0.05) is 35.5 Å². The highest BCUT2D eigenvalue weighted by atomic mass is 16.5. The van der Waals surface area contributed by atoms with Crippen molar-refractivity contribution in [1.29, 1.82) is 0 Å². The average molecular weight is 236 g/mol. The van der Waals surface area contributed by atoms with Gasteiger partial charge in [-0.05, 0) is 12.4 Å². The molecule has 0 aliphatic rings. The number of ether oxygens (including phenoxy) is 1. The van der Waals surface area contributed by atoms with Gasteiger partial charge in [0, 0.05) is 6.04 Å². The highest BCUT2D eigenvalue weighted by molar-refractivity contribution is 6.45. The molecule has 92 valence electrons. The predicted molar refractivity (Wildman–Crippen MR) is 67.5 cm³/mol. The number of nitrogens with zero attached hydrogens (tertiary/aromatic N) is 1. The average Bonchev–Trinajstić information content (AvgIpc) is 2.30. The smallest absolute Gasteiger partial charge is 0.373 e. The molecule has 0 aromatic heterocycles. The Morgan fingerprint density at radius 3 is 2.76 bits per heavy atom. The molecule has 0 bridgehead atoms. The maximum Gasteiger partial charge on any atom is 0.373 e. The van der Waals surface area contributed by atoms with Gasteiger partial charge in [0.1, 0.15) is 0 Å². The molecule has 0 fully saturated rings. The Balaban J connectivity index is 2.29. The summed E-state index contributed by atoms with van der Waals surface area (Å²) in [6.45, 7) is 2.50. The number of benzene rings is 1. The second kappa shape index (κ2) is 7.94. The molecule has 17 heavy (non-hydrogen) atoms. The quantitative estimate of drug-likeness (QED) is 0.522. The molecule has 2 N–H and O–H groups in total. The van der Waals surface area contributed by atoms with Crippen LogP contribution < -0.4 is 5.23 Å². The molecule has 1 aromatic carbocycles. The van der Waals surface area contributed by atoms with Crippen LogP contribution in [-0.4, -0.2) is 31.3 Å². The molecular weight excluding hydrogens is 219 g/mol. The van der Waals surface area contributed by atoms with E-state index in [0.717, 1.165) is 5.56 Å². The number of nitrogens with one attached hydrogen (secondary N) is 1. The van der Waals surface area contributed by atoms with E-state index in [1.54, 1.807) is 6.82 Å². The fourth-order valence-corrected chi connectivity index (χ4v) is 1.48. The van der Waals surface area contributed by atoms with Gasteiger partial charge < -0.3 is 15.0 Å². The van der Waals surface area contributed by atoms with Gasteiger partial charge in [-0.15, -0.1) is 0 Å². The lowest BCUT2D eigenvalue weighted by Gasteiger charge is -2.16. The molecular formula is C11H17BN2O3. The summed E-state index contributed by atoms with van der Waals surface area (Å²) in [7, 11) is -0.679. The molecule has 0 amide bonds. The maximum atomic E-state index is 10.2. The summed E-state index contributed by atoms with van der Waals surface area (Å²) < 4.78 is 5.46. The second-order valence-electron chi connectivity index (χ2n) is 3.85. The predicted octanol–water partition coefficient (Wildman–Crippen LogP) is 1.04. The molecule has 0 aliphatic heterocycles. The van der Waals surface area contributed by atoms with E-state index in [1.165, 1.54) is 0 Å². The number of hydrogen-bond donors (Lipinski definition) is 2. The van der Waals surface area contributed by atoms with E-state index in [2.05, 4.69) is 10.4 Å². The van der Waals surface area contributed by atoms with Crippen molar-refractivity contribution >= 4 is 7.05 Å². The fraction of sp³-hybridized carbons (Fsp3) is 0.455. The number of rotatable bonds is 8. The van der Waals surface area contributed by atoms with Crippen LogP contribution in [0.4, 0.5) is 0 Å². The second-order valence-corrected chi connectivity index (χ2v) is 3.85.